The molecule has 0 saturated heterocycles. The second-order valence-corrected chi connectivity index (χ2v) is 9.49. The molecule has 0 spiro atoms. The van der Waals surface area contributed by atoms with E-state index in [2.05, 4.69) is 120 Å². The van der Waals surface area contributed by atoms with Gasteiger partial charge in [0, 0.05) is 11.8 Å². The number of nitriles is 1. The van der Waals surface area contributed by atoms with E-state index < -0.39 is 0 Å². The summed E-state index contributed by atoms with van der Waals surface area (Å²) in [5.41, 5.74) is 7.03. The summed E-state index contributed by atoms with van der Waals surface area (Å²) in [4.78, 5) is 4.27. The molecule has 0 unspecified atom stereocenters. The minimum atomic E-state index is 0.437. The Labute approximate surface area is 221 Å². The van der Waals surface area contributed by atoms with Crippen LogP contribution >= 0.6 is 0 Å². The van der Waals surface area contributed by atoms with Crippen molar-refractivity contribution in [1.29, 1.82) is 5.26 Å². The third-order valence-corrected chi connectivity index (χ3v) is 7.37. The zero-order chi connectivity index (χ0) is 25.5. The van der Waals surface area contributed by atoms with E-state index in [0.717, 1.165) is 16.7 Å². The number of benzene rings is 6. The van der Waals surface area contributed by atoms with Crippen molar-refractivity contribution < 1.29 is 0 Å². The molecule has 0 amide bonds. The van der Waals surface area contributed by atoms with Crippen molar-refractivity contribution >= 4 is 32.3 Å². The second kappa shape index (κ2) is 9.00. The van der Waals surface area contributed by atoms with Crippen molar-refractivity contribution in [1.82, 2.24) is 4.98 Å². The van der Waals surface area contributed by atoms with Gasteiger partial charge in [0.2, 0.25) is 0 Å². The van der Waals surface area contributed by atoms with Crippen molar-refractivity contribution in [2.75, 3.05) is 0 Å². The van der Waals surface area contributed by atoms with Crippen LogP contribution in [0, 0.1) is 11.3 Å². The number of fused-ring (bicyclic) bond motifs is 5. The van der Waals surface area contributed by atoms with Gasteiger partial charge >= 0.3 is 0 Å². The normalized spacial score (nSPS) is 11.1. The van der Waals surface area contributed by atoms with E-state index in [0.29, 0.717) is 5.69 Å². The highest BCUT2D eigenvalue weighted by atomic mass is 14.7. The maximum atomic E-state index is 9.62. The molecule has 1 aromatic heterocycles. The molecule has 2 heteroatoms. The molecular formula is C36H22N2. The van der Waals surface area contributed by atoms with Crippen LogP contribution in [0.1, 0.15) is 5.69 Å². The third kappa shape index (κ3) is 3.53. The molecule has 0 saturated carbocycles. The van der Waals surface area contributed by atoms with Crippen LogP contribution in [-0.2, 0) is 0 Å². The number of rotatable bonds is 3. The van der Waals surface area contributed by atoms with Crippen molar-refractivity contribution in [3.05, 3.63) is 139 Å². The molecule has 0 atom stereocenters. The molecule has 7 rings (SSSR count). The maximum Gasteiger partial charge on any atom is 0.148 e. The number of aromatic nitrogens is 1. The molecule has 6 aromatic carbocycles. The second-order valence-electron chi connectivity index (χ2n) is 9.49. The zero-order valence-corrected chi connectivity index (χ0v) is 20.6. The Morgan fingerprint density at radius 2 is 0.947 bits per heavy atom. The van der Waals surface area contributed by atoms with Gasteiger partial charge in [-0.05, 0) is 90.5 Å². The van der Waals surface area contributed by atoms with Gasteiger partial charge in [-0.1, -0.05) is 97.1 Å². The van der Waals surface area contributed by atoms with Crippen LogP contribution in [0.3, 0.4) is 0 Å². The SMILES string of the molecule is N#Cc1ncccc1-c1cccc(-c2cc3c4ccccc4c(-c4ccccc4)cc3c3ccccc23)c1. The summed E-state index contributed by atoms with van der Waals surface area (Å²) >= 11 is 0. The summed E-state index contributed by atoms with van der Waals surface area (Å²) in [7, 11) is 0. The Kier molecular flexibility index (Phi) is 5.20. The molecule has 0 N–H and O–H groups in total. The van der Waals surface area contributed by atoms with E-state index in [9.17, 15) is 5.26 Å². The van der Waals surface area contributed by atoms with Gasteiger partial charge in [0.05, 0.1) is 0 Å². The molecule has 2 nitrogen and oxygen atoms in total. The van der Waals surface area contributed by atoms with Gasteiger partial charge in [0.25, 0.3) is 0 Å². The number of nitrogens with zero attached hydrogens (tertiary/aromatic N) is 2. The summed E-state index contributed by atoms with van der Waals surface area (Å²) in [5, 5.41) is 17.0. The van der Waals surface area contributed by atoms with Crippen molar-refractivity contribution in [3.63, 3.8) is 0 Å². The van der Waals surface area contributed by atoms with Crippen LogP contribution in [0.25, 0.3) is 65.7 Å². The average molecular weight is 483 g/mol. The van der Waals surface area contributed by atoms with Crippen LogP contribution in [0.4, 0.5) is 0 Å². The highest BCUT2D eigenvalue weighted by Gasteiger charge is 2.15. The Hall–Kier alpha value is -5.26. The van der Waals surface area contributed by atoms with Gasteiger partial charge in [0.1, 0.15) is 11.8 Å². The lowest BCUT2D eigenvalue weighted by Gasteiger charge is -2.16. The van der Waals surface area contributed by atoms with Gasteiger partial charge in [0.15, 0.2) is 0 Å². The minimum Gasteiger partial charge on any atom is -0.245 e. The maximum absolute atomic E-state index is 9.62. The summed E-state index contributed by atoms with van der Waals surface area (Å²) < 4.78 is 0. The van der Waals surface area contributed by atoms with Crippen molar-refractivity contribution in [2.24, 2.45) is 0 Å². The fourth-order valence-corrected chi connectivity index (χ4v) is 5.63. The van der Waals surface area contributed by atoms with Crippen LogP contribution in [0.5, 0.6) is 0 Å². The monoisotopic (exact) mass is 482 g/mol. The highest BCUT2D eigenvalue weighted by molar-refractivity contribution is 6.23. The zero-order valence-electron chi connectivity index (χ0n) is 20.6. The Bertz CT molecular complexity index is 2030. The smallest absolute Gasteiger partial charge is 0.148 e. The third-order valence-electron chi connectivity index (χ3n) is 7.37. The molecule has 0 aliphatic rings. The number of hydrogen-bond acceptors (Lipinski definition) is 2. The molecule has 0 fully saturated rings. The molecule has 0 radical (unpaired) electrons. The first-order chi connectivity index (χ1) is 18.8. The van der Waals surface area contributed by atoms with E-state index in [1.54, 1.807) is 6.20 Å². The largest absolute Gasteiger partial charge is 0.245 e. The molecule has 0 aliphatic heterocycles. The lowest BCUT2D eigenvalue weighted by atomic mass is 9.87. The summed E-state index contributed by atoms with van der Waals surface area (Å²) in [5.74, 6) is 0. The lowest BCUT2D eigenvalue weighted by molar-refractivity contribution is 1.26. The van der Waals surface area contributed by atoms with Crippen LogP contribution in [-0.4, -0.2) is 4.98 Å². The summed E-state index contributed by atoms with van der Waals surface area (Å²) in [6, 6.07) is 47.2. The molecule has 38 heavy (non-hydrogen) atoms. The minimum absolute atomic E-state index is 0.437. The molecule has 0 aliphatic carbocycles. The molecule has 176 valence electrons. The van der Waals surface area contributed by atoms with Crippen LogP contribution in [0.2, 0.25) is 0 Å². The van der Waals surface area contributed by atoms with E-state index in [-0.39, 0.29) is 0 Å². The first-order valence-electron chi connectivity index (χ1n) is 12.7. The van der Waals surface area contributed by atoms with Gasteiger partial charge in [-0.2, -0.15) is 5.26 Å². The topological polar surface area (TPSA) is 36.7 Å². The van der Waals surface area contributed by atoms with Crippen molar-refractivity contribution in [2.45, 2.75) is 0 Å². The molecule has 1 heterocycles. The molecule has 0 bridgehead atoms. The summed E-state index contributed by atoms with van der Waals surface area (Å²) in [6.07, 6.45) is 1.66. The molecular weight excluding hydrogens is 460 g/mol. The fraction of sp³-hybridized carbons (Fsp3) is 0. The van der Waals surface area contributed by atoms with E-state index in [4.69, 9.17) is 0 Å². The standard InChI is InChI=1S/C36H22N2/c37-23-36-27(18-9-19-38-36)25-12-8-13-26(20-25)33-22-35-30-16-6-4-14-28(30)32(24-10-2-1-3-11-24)21-34(35)31-17-7-5-15-29(31)33/h1-22H. The van der Waals surface area contributed by atoms with Crippen LogP contribution in [0.15, 0.2) is 134 Å². The fourth-order valence-electron chi connectivity index (χ4n) is 5.63. The molecule has 7 aromatic rings. The van der Waals surface area contributed by atoms with Gasteiger partial charge < -0.3 is 0 Å². The van der Waals surface area contributed by atoms with E-state index in [1.807, 2.05) is 18.2 Å². The van der Waals surface area contributed by atoms with E-state index in [1.165, 1.54) is 49.0 Å². The van der Waals surface area contributed by atoms with Crippen molar-refractivity contribution in [3.8, 4) is 39.4 Å². The highest BCUT2D eigenvalue weighted by Crippen LogP contribution is 2.42. The van der Waals surface area contributed by atoms with Crippen LogP contribution < -0.4 is 0 Å². The Morgan fingerprint density at radius 1 is 0.421 bits per heavy atom. The Morgan fingerprint density at radius 3 is 1.58 bits per heavy atom. The van der Waals surface area contributed by atoms with E-state index >= 15 is 0 Å². The summed E-state index contributed by atoms with van der Waals surface area (Å²) in [6.45, 7) is 0. The van der Waals surface area contributed by atoms with Gasteiger partial charge in [-0.3, -0.25) is 0 Å². The quantitative estimate of drug-likeness (QED) is 0.235. The average Bonchev–Trinajstić information content (AvgIpc) is 3.00. The first-order valence-corrected chi connectivity index (χ1v) is 12.7. The van der Waals surface area contributed by atoms with Gasteiger partial charge in [-0.25, -0.2) is 4.98 Å². The predicted octanol–water partition coefficient (Wildman–Crippen LogP) is 9.41. The lowest BCUT2D eigenvalue weighted by Crippen LogP contribution is -1.90. The number of pyridine rings is 1. The number of hydrogen-bond donors (Lipinski definition) is 0. The Balaban J connectivity index is 1.55. The first kappa shape index (κ1) is 22.0. The predicted molar refractivity (Wildman–Crippen MR) is 158 cm³/mol. The van der Waals surface area contributed by atoms with Gasteiger partial charge in [-0.15, -0.1) is 0 Å².